The highest BCUT2D eigenvalue weighted by atomic mass is 16.3. The molecule has 0 radical (unpaired) electrons. The van der Waals surface area contributed by atoms with Gasteiger partial charge in [0.25, 0.3) is 0 Å². The Morgan fingerprint density at radius 1 is 0.318 bits per heavy atom. The Morgan fingerprint density at radius 3 is 1.68 bits per heavy atom. The van der Waals surface area contributed by atoms with Gasteiger partial charge in [0.1, 0.15) is 22.3 Å². The van der Waals surface area contributed by atoms with E-state index in [4.69, 9.17) is 8.83 Å². The molecule has 0 amide bonds. The van der Waals surface area contributed by atoms with Crippen LogP contribution in [0.15, 0.2) is 221 Å². The maximum Gasteiger partial charge on any atom is 0.143 e. The fourth-order valence-corrected chi connectivity index (χ4v) is 11.3. The molecule has 0 saturated heterocycles. The lowest BCUT2D eigenvalue weighted by molar-refractivity contribution is 0.660. The maximum atomic E-state index is 6.47. The molecule has 0 N–H and O–H groups in total. The number of furan rings is 2. The van der Waals surface area contributed by atoms with E-state index in [1.807, 2.05) is 18.2 Å². The molecule has 310 valence electrons. The standard InChI is InChI=1S/C63H41NO2/c1-63(2)55-19-8-5-13-47(55)48-33-31-43(37-56(48)63)64(42-29-24-39(25-30-42)44-17-11-18-52-49-14-6-9-20-57(49)66-62(44)52)41-27-22-38(23-28-41)40-26-32-46-45-12-3-4-15-50(45)60-51(54(46)36-40)34-35-59-61(60)53-16-7-10-21-58(53)65-59/h3-37H,1-2H3. The zero-order chi connectivity index (χ0) is 43.7. The predicted octanol–water partition coefficient (Wildman–Crippen LogP) is 18.1. The summed E-state index contributed by atoms with van der Waals surface area (Å²) in [5.74, 6) is 0. The molecule has 2 aromatic heterocycles. The van der Waals surface area contributed by atoms with E-state index < -0.39 is 0 Å². The van der Waals surface area contributed by atoms with Gasteiger partial charge in [0.2, 0.25) is 0 Å². The summed E-state index contributed by atoms with van der Waals surface area (Å²) in [7, 11) is 0. The van der Waals surface area contributed by atoms with Crippen LogP contribution in [0.1, 0.15) is 25.0 Å². The van der Waals surface area contributed by atoms with Crippen molar-refractivity contribution in [3.63, 3.8) is 0 Å². The number of hydrogen-bond donors (Lipinski definition) is 0. The first-order chi connectivity index (χ1) is 32.5. The molecule has 14 rings (SSSR count). The Hall–Kier alpha value is -8.40. The largest absolute Gasteiger partial charge is 0.456 e. The van der Waals surface area contributed by atoms with Crippen LogP contribution < -0.4 is 4.90 Å². The van der Waals surface area contributed by atoms with Crippen molar-refractivity contribution in [3.8, 4) is 33.4 Å². The van der Waals surface area contributed by atoms with Crippen LogP contribution in [0.25, 0.3) is 110 Å². The van der Waals surface area contributed by atoms with Crippen LogP contribution in [-0.2, 0) is 5.41 Å². The predicted molar refractivity (Wildman–Crippen MR) is 277 cm³/mol. The Labute approximate surface area is 381 Å². The topological polar surface area (TPSA) is 29.5 Å². The Morgan fingerprint density at radius 2 is 0.879 bits per heavy atom. The van der Waals surface area contributed by atoms with Crippen LogP contribution in [0.5, 0.6) is 0 Å². The van der Waals surface area contributed by atoms with Crippen molar-refractivity contribution >= 4 is 93.3 Å². The third-order valence-corrected chi connectivity index (χ3v) is 14.5. The molecule has 1 aliphatic carbocycles. The van der Waals surface area contributed by atoms with E-state index in [0.717, 1.165) is 72.2 Å². The van der Waals surface area contributed by atoms with Crippen LogP contribution in [0.3, 0.4) is 0 Å². The average Bonchev–Trinajstić information content (AvgIpc) is 4.02. The third kappa shape index (κ3) is 5.31. The first-order valence-corrected chi connectivity index (χ1v) is 22.8. The van der Waals surface area contributed by atoms with Crippen LogP contribution in [0.4, 0.5) is 17.1 Å². The van der Waals surface area contributed by atoms with Crippen molar-refractivity contribution in [1.29, 1.82) is 0 Å². The molecule has 1 aliphatic rings. The lowest BCUT2D eigenvalue weighted by Gasteiger charge is -2.28. The maximum absolute atomic E-state index is 6.47. The van der Waals surface area contributed by atoms with Gasteiger partial charge in [-0.2, -0.15) is 0 Å². The fraction of sp³-hybridized carbons (Fsp3) is 0.0476. The summed E-state index contributed by atoms with van der Waals surface area (Å²) < 4.78 is 12.9. The summed E-state index contributed by atoms with van der Waals surface area (Å²) in [6.07, 6.45) is 0. The summed E-state index contributed by atoms with van der Waals surface area (Å²) in [6, 6.07) is 77.2. The minimum Gasteiger partial charge on any atom is -0.456 e. The summed E-state index contributed by atoms with van der Waals surface area (Å²) in [6.45, 7) is 4.70. The smallest absolute Gasteiger partial charge is 0.143 e. The van der Waals surface area contributed by atoms with E-state index in [2.05, 4.69) is 213 Å². The minimum absolute atomic E-state index is 0.130. The van der Waals surface area contributed by atoms with Crippen molar-refractivity contribution in [2.45, 2.75) is 19.3 Å². The van der Waals surface area contributed by atoms with Gasteiger partial charge in [0.05, 0.1) is 0 Å². The van der Waals surface area contributed by atoms with Gasteiger partial charge < -0.3 is 13.7 Å². The van der Waals surface area contributed by atoms with Crippen LogP contribution in [-0.4, -0.2) is 0 Å². The first-order valence-electron chi connectivity index (χ1n) is 22.8. The molecule has 66 heavy (non-hydrogen) atoms. The highest BCUT2D eigenvalue weighted by Crippen LogP contribution is 2.51. The number of rotatable bonds is 5. The number of nitrogens with zero attached hydrogens (tertiary/aromatic N) is 1. The summed E-state index contributed by atoms with van der Waals surface area (Å²) in [4.78, 5) is 2.40. The molecule has 0 spiro atoms. The second kappa shape index (κ2) is 13.8. The summed E-state index contributed by atoms with van der Waals surface area (Å²) in [5.41, 5.74) is 16.7. The zero-order valence-corrected chi connectivity index (χ0v) is 36.5. The zero-order valence-electron chi connectivity index (χ0n) is 36.5. The molecule has 13 aromatic rings. The molecule has 2 heterocycles. The van der Waals surface area contributed by atoms with E-state index >= 15 is 0 Å². The van der Waals surface area contributed by atoms with E-state index in [9.17, 15) is 0 Å². The SMILES string of the molecule is CC1(C)c2ccccc2-c2ccc(N(c3ccc(-c4ccc5c6ccccc6c6c(ccc7oc8ccccc8c76)c5c4)cc3)c3ccc(-c4cccc5c4oc4ccccc45)cc3)cc21. The van der Waals surface area contributed by atoms with Crippen molar-refractivity contribution in [3.05, 3.63) is 223 Å². The van der Waals surface area contributed by atoms with E-state index in [0.29, 0.717) is 0 Å². The molecule has 3 heteroatoms. The monoisotopic (exact) mass is 843 g/mol. The van der Waals surface area contributed by atoms with E-state index in [1.54, 1.807) is 0 Å². The molecule has 0 unspecified atom stereocenters. The lowest BCUT2D eigenvalue weighted by Crippen LogP contribution is -2.16. The second-order valence-corrected chi connectivity index (χ2v) is 18.4. The van der Waals surface area contributed by atoms with Crippen LogP contribution in [0.2, 0.25) is 0 Å². The lowest BCUT2D eigenvalue weighted by atomic mass is 9.82. The van der Waals surface area contributed by atoms with E-state index in [-0.39, 0.29) is 5.41 Å². The number of anilines is 3. The van der Waals surface area contributed by atoms with Gasteiger partial charge in [-0.25, -0.2) is 0 Å². The van der Waals surface area contributed by atoms with Gasteiger partial charge in [0.15, 0.2) is 0 Å². The molecule has 11 aromatic carbocycles. The van der Waals surface area contributed by atoms with Crippen molar-refractivity contribution in [2.24, 2.45) is 0 Å². The summed E-state index contributed by atoms with van der Waals surface area (Å²) in [5, 5.41) is 12.0. The van der Waals surface area contributed by atoms with Gasteiger partial charge in [0, 0.05) is 55.0 Å². The molecule has 0 bridgehead atoms. The molecule has 0 fully saturated rings. The molecule has 3 nitrogen and oxygen atoms in total. The van der Waals surface area contributed by atoms with Crippen molar-refractivity contribution in [1.82, 2.24) is 0 Å². The fourth-order valence-electron chi connectivity index (χ4n) is 11.3. The number of benzene rings is 11. The third-order valence-electron chi connectivity index (χ3n) is 14.5. The highest BCUT2D eigenvalue weighted by Gasteiger charge is 2.35. The Kier molecular flexibility index (Phi) is 7.74. The van der Waals surface area contributed by atoms with Crippen LogP contribution >= 0.6 is 0 Å². The van der Waals surface area contributed by atoms with Gasteiger partial charge >= 0.3 is 0 Å². The quantitative estimate of drug-likeness (QED) is 0.162. The second-order valence-electron chi connectivity index (χ2n) is 18.4. The van der Waals surface area contributed by atoms with Crippen molar-refractivity contribution < 1.29 is 8.83 Å². The van der Waals surface area contributed by atoms with Crippen LogP contribution in [0, 0.1) is 0 Å². The first kappa shape index (κ1) is 37.0. The minimum atomic E-state index is -0.130. The normalized spacial score (nSPS) is 13.1. The Bertz CT molecular complexity index is 4130. The van der Waals surface area contributed by atoms with Gasteiger partial charge in [-0.3, -0.25) is 0 Å². The number of para-hydroxylation sites is 3. The van der Waals surface area contributed by atoms with Gasteiger partial charge in [-0.15, -0.1) is 0 Å². The number of fused-ring (bicyclic) bond motifs is 16. The number of hydrogen-bond acceptors (Lipinski definition) is 3. The van der Waals surface area contributed by atoms with E-state index in [1.165, 1.54) is 65.5 Å². The van der Waals surface area contributed by atoms with Gasteiger partial charge in [-0.05, 0) is 133 Å². The Balaban J connectivity index is 0.903. The highest BCUT2D eigenvalue weighted by molar-refractivity contribution is 6.34. The van der Waals surface area contributed by atoms with Crippen molar-refractivity contribution in [2.75, 3.05) is 4.90 Å². The van der Waals surface area contributed by atoms with Gasteiger partial charge in [-0.1, -0.05) is 159 Å². The molecular formula is C63H41NO2. The summed E-state index contributed by atoms with van der Waals surface area (Å²) >= 11 is 0. The molecule has 0 aliphatic heterocycles. The molecule has 0 saturated carbocycles. The molecular weight excluding hydrogens is 803 g/mol. The average molecular weight is 844 g/mol. The molecule has 0 atom stereocenters.